The number of carbonyl (C=O) groups excluding carboxylic acids is 5. The van der Waals surface area contributed by atoms with Crippen LogP contribution in [-0.4, -0.2) is 65.7 Å². The molecule has 0 amide bonds. The minimum Gasteiger partial charge on any atom is -0.462 e. The topological polar surface area (TPSA) is 144 Å². The number of cyclic esters (lactones) is 3. The Morgan fingerprint density at radius 2 is 1.61 bits per heavy atom. The van der Waals surface area contributed by atoms with Crippen LogP contribution in [0.25, 0.3) is 0 Å². The molecule has 0 aromatic carbocycles. The van der Waals surface area contributed by atoms with Crippen LogP contribution in [0.2, 0.25) is 0 Å². The molecule has 6 rings (SSSR count). The van der Waals surface area contributed by atoms with Crippen LogP contribution in [0.3, 0.4) is 0 Å². The maximum Gasteiger partial charge on any atom is 0.341 e. The van der Waals surface area contributed by atoms with E-state index in [-0.39, 0.29) is 17.4 Å². The van der Waals surface area contributed by atoms with Gasteiger partial charge < -0.3 is 28.4 Å². The second kappa shape index (κ2) is 8.42. The molecule has 0 radical (unpaired) electrons. The number of hydrogen-bond acceptors (Lipinski definition) is 11. The fourth-order valence-electron chi connectivity index (χ4n) is 9.52. The SMILES string of the molecule is CC(=O)O[C@@H]1C=C([C@@H]2OC(=O)[C@H]3O[C@]34[C@]3(C)[C@@H](OC(C)=O)C[C@H]5C(C)(C)OC(=O)C=C[C@]5(C)[C@H]3CC[C@@]24C)C(=O)O1. The van der Waals surface area contributed by atoms with Crippen molar-refractivity contribution in [1.29, 1.82) is 0 Å². The Labute approximate surface area is 237 Å². The Kier molecular flexibility index (Phi) is 5.74. The van der Waals surface area contributed by atoms with Crippen LogP contribution >= 0.6 is 0 Å². The molecule has 2 saturated heterocycles. The normalized spacial score (nSPS) is 47.1. The summed E-state index contributed by atoms with van der Waals surface area (Å²) in [6.45, 7) is 12.3. The van der Waals surface area contributed by atoms with E-state index in [0.717, 1.165) is 0 Å². The van der Waals surface area contributed by atoms with Gasteiger partial charge in [-0.05, 0) is 44.4 Å². The summed E-state index contributed by atoms with van der Waals surface area (Å²) in [6.07, 6.45) is 2.30. The lowest BCUT2D eigenvalue weighted by Crippen LogP contribution is -2.73. The van der Waals surface area contributed by atoms with Crippen LogP contribution in [0.1, 0.15) is 67.7 Å². The standard InChI is InChI=1S/C30H36O11/c1-14(31)36-19-13-18-26(3,4)40-20(33)9-10-27(18,5)17-8-11-28(6)22(16-12-21(37-15(2)32)38-24(16)34)39-25(35)23-30(28,41-23)29(17,19)7/h9-10,12,17-19,21-23H,8,11,13H2,1-7H3/t17-,18+,19+,21+,22+,23-,27-,28+,29+,30-/m1/s1. The molecule has 2 saturated carbocycles. The van der Waals surface area contributed by atoms with E-state index in [1.165, 1.54) is 26.0 Å². The van der Waals surface area contributed by atoms with Gasteiger partial charge in [-0.2, -0.15) is 0 Å². The molecule has 10 atom stereocenters. The molecule has 2 aliphatic carbocycles. The molecule has 4 fully saturated rings. The molecular formula is C30H36O11. The van der Waals surface area contributed by atoms with Crippen molar-refractivity contribution in [3.63, 3.8) is 0 Å². The summed E-state index contributed by atoms with van der Waals surface area (Å²) in [6, 6.07) is 0. The number of rotatable bonds is 3. The van der Waals surface area contributed by atoms with Crippen LogP contribution in [0.15, 0.2) is 23.8 Å². The van der Waals surface area contributed by atoms with E-state index >= 15 is 0 Å². The Morgan fingerprint density at radius 3 is 2.27 bits per heavy atom. The highest BCUT2D eigenvalue weighted by Crippen LogP contribution is 2.78. The molecule has 1 spiro atoms. The van der Waals surface area contributed by atoms with Crippen molar-refractivity contribution >= 4 is 29.8 Å². The van der Waals surface area contributed by atoms with Gasteiger partial charge in [-0.3, -0.25) is 9.59 Å². The number of ether oxygens (including phenoxy) is 6. The molecule has 41 heavy (non-hydrogen) atoms. The summed E-state index contributed by atoms with van der Waals surface area (Å²) in [5, 5.41) is 0. The average molecular weight is 573 g/mol. The number of allylic oxidation sites excluding steroid dienone is 1. The van der Waals surface area contributed by atoms with Crippen LogP contribution in [0.4, 0.5) is 0 Å². The molecule has 0 bridgehead atoms. The molecule has 0 N–H and O–H groups in total. The molecule has 11 heteroatoms. The first-order chi connectivity index (χ1) is 19.0. The number of esters is 5. The number of carbonyl (C=O) groups is 5. The van der Waals surface area contributed by atoms with Gasteiger partial charge in [-0.15, -0.1) is 0 Å². The van der Waals surface area contributed by atoms with Crippen LogP contribution in [0.5, 0.6) is 0 Å². The second-order valence-electron chi connectivity index (χ2n) is 13.5. The Morgan fingerprint density at radius 1 is 0.927 bits per heavy atom. The minimum atomic E-state index is -1.22. The number of epoxide rings is 1. The first kappa shape index (κ1) is 27.9. The zero-order chi connectivity index (χ0) is 29.9. The zero-order valence-corrected chi connectivity index (χ0v) is 24.3. The van der Waals surface area contributed by atoms with E-state index < -0.39 is 81.9 Å². The maximum atomic E-state index is 13.5. The third-order valence-corrected chi connectivity index (χ3v) is 11.0. The van der Waals surface area contributed by atoms with E-state index in [1.54, 1.807) is 0 Å². The van der Waals surface area contributed by atoms with Crippen molar-refractivity contribution in [3.8, 4) is 0 Å². The highest BCUT2D eigenvalue weighted by Gasteiger charge is 2.88. The minimum absolute atomic E-state index is 0.0842. The molecule has 0 unspecified atom stereocenters. The van der Waals surface area contributed by atoms with Gasteiger partial charge in [0.15, 0.2) is 6.10 Å². The smallest absolute Gasteiger partial charge is 0.341 e. The van der Waals surface area contributed by atoms with Crippen molar-refractivity contribution in [2.45, 2.75) is 104 Å². The van der Waals surface area contributed by atoms with Gasteiger partial charge in [0.2, 0.25) is 0 Å². The molecule has 0 aromatic rings. The number of fused-ring (bicyclic) bond motifs is 3. The van der Waals surface area contributed by atoms with Crippen molar-refractivity contribution < 1.29 is 52.4 Å². The quantitative estimate of drug-likeness (QED) is 0.280. The summed E-state index contributed by atoms with van der Waals surface area (Å²) >= 11 is 0. The Hall–Kier alpha value is -3.21. The van der Waals surface area contributed by atoms with Gasteiger partial charge >= 0.3 is 29.8 Å². The lowest BCUT2D eigenvalue weighted by atomic mass is 9.37. The predicted molar refractivity (Wildman–Crippen MR) is 137 cm³/mol. The highest BCUT2D eigenvalue weighted by atomic mass is 16.7. The van der Waals surface area contributed by atoms with Gasteiger partial charge in [0, 0.05) is 42.7 Å². The summed E-state index contributed by atoms with van der Waals surface area (Å²) in [5.41, 5.74) is -4.38. The third kappa shape index (κ3) is 3.50. The van der Waals surface area contributed by atoms with E-state index in [0.29, 0.717) is 19.3 Å². The lowest BCUT2D eigenvalue weighted by Gasteiger charge is -2.67. The molecule has 4 heterocycles. The van der Waals surface area contributed by atoms with Gasteiger partial charge in [0.1, 0.15) is 23.4 Å². The zero-order valence-electron chi connectivity index (χ0n) is 24.3. The lowest BCUT2D eigenvalue weighted by molar-refractivity contribution is -0.253. The van der Waals surface area contributed by atoms with Crippen molar-refractivity contribution in [2.75, 3.05) is 0 Å². The van der Waals surface area contributed by atoms with Crippen molar-refractivity contribution in [3.05, 3.63) is 23.8 Å². The fraction of sp³-hybridized carbons (Fsp3) is 0.700. The highest BCUT2D eigenvalue weighted by molar-refractivity contribution is 5.94. The molecule has 0 aromatic heterocycles. The predicted octanol–water partition coefficient (Wildman–Crippen LogP) is 2.69. The molecule has 4 aliphatic heterocycles. The van der Waals surface area contributed by atoms with Crippen molar-refractivity contribution in [2.24, 2.45) is 28.1 Å². The first-order valence-electron chi connectivity index (χ1n) is 14.1. The summed E-state index contributed by atoms with van der Waals surface area (Å²) in [4.78, 5) is 63.2. The van der Waals surface area contributed by atoms with Gasteiger partial charge in [0.25, 0.3) is 6.29 Å². The first-order valence-corrected chi connectivity index (χ1v) is 14.1. The van der Waals surface area contributed by atoms with E-state index in [1.807, 2.05) is 33.8 Å². The van der Waals surface area contributed by atoms with E-state index in [4.69, 9.17) is 28.4 Å². The second-order valence-corrected chi connectivity index (χ2v) is 13.5. The summed E-state index contributed by atoms with van der Waals surface area (Å²) in [5.74, 6) is -3.31. The van der Waals surface area contributed by atoms with E-state index in [9.17, 15) is 24.0 Å². The van der Waals surface area contributed by atoms with Gasteiger partial charge in [-0.25, -0.2) is 14.4 Å². The fourth-order valence-corrected chi connectivity index (χ4v) is 9.52. The van der Waals surface area contributed by atoms with Crippen LogP contribution in [0, 0.1) is 28.1 Å². The number of hydrogen-bond donors (Lipinski definition) is 0. The van der Waals surface area contributed by atoms with Crippen LogP contribution < -0.4 is 0 Å². The van der Waals surface area contributed by atoms with Crippen molar-refractivity contribution in [1.82, 2.24) is 0 Å². The molecule has 222 valence electrons. The Balaban J connectivity index is 1.50. The maximum absolute atomic E-state index is 13.5. The summed E-state index contributed by atoms with van der Waals surface area (Å²) < 4.78 is 34.6. The molecule has 6 aliphatic rings. The van der Waals surface area contributed by atoms with E-state index in [2.05, 4.69) is 6.92 Å². The monoisotopic (exact) mass is 572 g/mol. The van der Waals surface area contributed by atoms with Gasteiger partial charge in [0.05, 0.1) is 5.57 Å². The Bertz CT molecular complexity index is 1330. The average Bonchev–Trinajstić information content (AvgIpc) is 3.55. The molecular weight excluding hydrogens is 536 g/mol. The third-order valence-electron chi connectivity index (χ3n) is 11.0. The van der Waals surface area contributed by atoms with Gasteiger partial charge in [-0.1, -0.05) is 26.8 Å². The summed E-state index contributed by atoms with van der Waals surface area (Å²) in [7, 11) is 0. The molecule has 11 nitrogen and oxygen atoms in total. The largest absolute Gasteiger partial charge is 0.462 e. The van der Waals surface area contributed by atoms with Crippen LogP contribution in [-0.2, 0) is 52.4 Å².